The molecule has 0 N–H and O–H groups in total. The second kappa shape index (κ2) is 6.28. The number of hydrogen-bond acceptors (Lipinski definition) is 4. The molecule has 0 amide bonds. The molecule has 5 nitrogen and oxygen atoms in total. The zero-order chi connectivity index (χ0) is 15.6. The zero-order valence-corrected chi connectivity index (χ0v) is 13.7. The molecule has 2 heterocycles. The van der Waals surface area contributed by atoms with E-state index < -0.39 is 10.0 Å². The van der Waals surface area contributed by atoms with E-state index in [0.29, 0.717) is 24.6 Å². The Labute approximate surface area is 132 Å². The van der Waals surface area contributed by atoms with Gasteiger partial charge in [0.1, 0.15) is 0 Å². The Morgan fingerprint density at radius 2 is 2.14 bits per heavy atom. The lowest BCUT2D eigenvalue weighted by Gasteiger charge is -2.49. The monoisotopic (exact) mass is 325 g/mol. The summed E-state index contributed by atoms with van der Waals surface area (Å²) in [6, 6.07) is 8.65. The van der Waals surface area contributed by atoms with Crippen molar-refractivity contribution in [3.8, 4) is 0 Å². The van der Waals surface area contributed by atoms with Crippen molar-refractivity contribution in [1.82, 2.24) is 4.31 Å². The van der Waals surface area contributed by atoms with E-state index in [1.165, 1.54) is 0 Å². The van der Waals surface area contributed by atoms with E-state index in [0.717, 1.165) is 25.9 Å². The first kappa shape index (κ1) is 15.9. The Kier molecular flexibility index (Phi) is 4.54. The molecule has 2 fully saturated rings. The van der Waals surface area contributed by atoms with Crippen molar-refractivity contribution in [2.45, 2.75) is 30.3 Å². The van der Waals surface area contributed by atoms with Crippen LogP contribution < -0.4 is 0 Å². The number of sulfonamides is 1. The standard InChI is InChI=1S/C16H23NO4S/c1-20-13-16-9-5-11-21-15(16)8-10-17(12-16)22(18,19)14-6-3-2-4-7-14/h2-4,6-7,15H,5,8-13H2,1H3/t15-,16+/m0/s1. The van der Waals surface area contributed by atoms with Crippen molar-refractivity contribution in [3.63, 3.8) is 0 Å². The maximum absolute atomic E-state index is 12.9. The molecule has 0 unspecified atom stereocenters. The second-order valence-corrected chi connectivity index (χ2v) is 8.14. The average molecular weight is 325 g/mol. The highest BCUT2D eigenvalue weighted by Gasteiger charge is 2.48. The molecule has 0 radical (unpaired) electrons. The van der Waals surface area contributed by atoms with Gasteiger partial charge in [-0.05, 0) is 31.4 Å². The molecule has 0 saturated carbocycles. The maximum atomic E-state index is 12.9. The quantitative estimate of drug-likeness (QED) is 0.848. The SMILES string of the molecule is COC[C@]12CCCO[C@H]1CCN(S(=O)(=O)c1ccccc1)C2. The number of nitrogens with zero attached hydrogens (tertiary/aromatic N) is 1. The van der Waals surface area contributed by atoms with Crippen LogP contribution in [0.25, 0.3) is 0 Å². The van der Waals surface area contributed by atoms with Gasteiger partial charge >= 0.3 is 0 Å². The Hall–Kier alpha value is -0.950. The lowest BCUT2D eigenvalue weighted by molar-refractivity contribution is -0.137. The minimum atomic E-state index is -3.45. The average Bonchev–Trinajstić information content (AvgIpc) is 2.55. The van der Waals surface area contributed by atoms with E-state index in [1.807, 2.05) is 6.07 Å². The van der Waals surface area contributed by atoms with Crippen LogP contribution in [0.1, 0.15) is 19.3 Å². The summed E-state index contributed by atoms with van der Waals surface area (Å²) in [5, 5.41) is 0. The van der Waals surface area contributed by atoms with Gasteiger partial charge in [0.25, 0.3) is 0 Å². The van der Waals surface area contributed by atoms with E-state index >= 15 is 0 Å². The third-order valence-corrected chi connectivity index (χ3v) is 6.63. The molecule has 3 rings (SSSR count). The summed E-state index contributed by atoms with van der Waals surface area (Å²) in [6.45, 7) is 2.29. The normalized spacial score (nSPS) is 30.0. The van der Waals surface area contributed by atoms with Gasteiger partial charge in [-0.3, -0.25) is 0 Å². The van der Waals surface area contributed by atoms with E-state index in [-0.39, 0.29) is 11.5 Å². The summed E-state index contributed by atoms with van der Waals surface area (Å²) >= 11 is 0. The first-order valence-electron chi connectivity index (χ1n) is 7.74. The highest BCUT2D eigenvalue weighted by atomic mass is 32.2. The summed E-state index contributed by atoms with van der Waals surface area (Å²) < 4.78 is 38.6. The number of rotatable bonds is 4. The Balaban J connectivity index is 1.87. The molecular formula is C16H23NO4S. The molecule has 1 aromatic rings. The highest BCUT2D eigenvalue weighted by molar-refractivity contribution is 7.89. The first-order chi connectivity index (χ1) is 10.6. The van der Waals surface area contributed by atoms with Crippen LogP contribution in [0.3, 0.4) is 0 Å². The van der Waals surface area contributed by atoms with E-state index in [9.17, 15) is 8.42 Å². The Morgan fingerprint density at radius 3 is 2.86 bits per heavy atom. The van der Waals surface area contributed by atoms with Crippen LogP contribution in [0.2, 0.25) is 0 Å². The molecule has 1 aromatic carbocycles. The summed E-state index contributed by atoms with van der Waals surface area (Å²) in [5.74, 6) is 0. The van der Waals surface area contributed by atoms with Gasteiger partial charge in [0.15, 0.2) is 0 Å². The minimum absolute atomic E-state index is 0.100. The van der Waals surface area contributed by atoms with Gasteiger partial charge in [-0.2, -0.15) is 4.31 Å². The summed E-state index contributed by atoms with van der Waals surface area (Å²) in [4.78, 5) is 0.359. The van der Waals surface area contributed by atoms with Crippen LogP contribution in [0.5, 0.6) is 0 Å². The minimum Gasteiger partial charge on any atom is -0.384 e. The third-order valence-electron chi connectivity index (χ3n) is 4.77. The van der Waals surface area contributed by atoms with Crippen molar-refractivity contribution in [2.24, 2.45) is 5.41 Å². The largest absolute Gasteiger partial charge is 0.384 e. The van der Waals surface area contributed by atoms with Crippen LogP contribution in [-0.2, 0) is 19.5 Å². The molecule has 0 spiro atoms. The summed E-state index contributed by atoms with van der Waals surface area (Å²) in [7, 11) is -1.78. The number of hydrogen-bond donors (Lipinski definition) is 0. The third kappa shape index (κ3) is 2.80. The lowest BCUT2D eigenvalue weighted by Crippen LogP contribution is -2.57. The van der Waals surface area contributed by atoms with Crippen molar-refractivity contribution in [3.05, 3.63) is 30.3 Å². The predicted octanol–water partition coefficient (Wildman–Crippen LogP) is 1.89. The lowest BCUT2D eigenvalue weighted by atomic mass is 9.73. The van der Waals surface area contributed by atoms with Crippen LogP contribution in [0.15, 0.2) is 35.2 Å². The second-order valence-electron chi connectivity index (χ2n) is 6.20. The molecular weight excluding hydrogens is 302 g/mol. The van der Waals surface area contributed by atoms with Gasteiger partial charge in [0.2, 0.25) is 10.0 Å². The number of methoxy groups -OCH3 is 1. The van der Waals surface area contributed by atoms with Crippen molar-refractivity contribution >= 4 is 10.0 Å². The van der Waals surface area contributed by atoms with Gasteiger partial charge in [-0.1, -0.05) is 18.2 Å². The molecule has 0 bridgehead atoms. The van der Waals surface area contributed by atoms with Gasteiger partial charge in [-0.15, -0.1) is 0 Å². The molecule has 0 aromatic heterocycles. The van der Waals surface area contributed by atoms with E-state index in [1.54, 1.807) is 35.7 Å². The van der Waals surface area contributed by atoms with Crippen molar-refractivity contribution in [1.29, 1.82) is 0 Å². The molecule has 2 atom stereocenters. The Morgan fingerprint density at radius 1 is 1.36 bits per heavy atom. The fourth-order valence-corrected chi connectivity index (χ4v) is 5.27. The Bertz CT molecular complexity index is 600. The van der Waals surface area contributed by atoms with Crippen LogP contribution in [0.4, 0.5) is 0 Å². The van der Waals surface area contributed by atoms with Crippen LogP contribution in [0, 0.1) is 5.41 Å². The predicted molar refractivity (Wildman–Crippen MR) is 83.1 cm³/mol. The first-order valence-corrected chi connectivity index (χ1v) is 9.18. The molecule has 6 heteroatoms. The van der Waals surface area contributed by atoms with Gasteiger partial charge in [-0.25, -0.2) is 8.42 Å². The molecule has 2 aliphatic rings. The van der Waals surface area contributed by atoms with E-state index in [2.05, 4.69) is 0 Å². The number of fused-ring (bicyclic) bond motifs is 1. The van der Waals surface area contributed by atoms with Gasteiger partial charge < -0.3 is 9.47 Å². The van der Waals surface area contributed by atoms with Crippen LogP contribution >= 0.6 is 0 Å². The van der Waals surface area contributed by atoms with E-state index in [4.69, 9.17) is 9.47 Å². The van der Waals surface area contributed by atoms with Gasteiger partial charge in [0, 0.05) is 32.2 Å². The zero-order valence-electron chi connectivity index (χ0n) is 12.9. The van der Waals surface area contributed by atoms with Crippen LogP contribution in [-0.4, -0.2) is 52.2 Å². The molecule has 122 valence electrons. The smallest absolute Gasteiger partial charge is 0.243 e. The highest BCUT2D eigenvalue weighted by Crippen LogP contribution is 2.41. The molecule has 0 aliphatic carbocycles. The molecule has 22 heavy (non-hydrogen) atoms. The molecule has 2 saturated heterocycles. The number of benzene rings is 1. The number of ether oxygens (including phenoxy) is 2. The fourth-order valence-electron chi connectivity index (χ4n) is 3.69. The topological polar surface area (TPSA) is 55.8 Å². The maximum Gasteiger partial charge on any atom is 0.243 e. The molecule has 2 aliphatic heterocycles. The summed E-state index contributed by atoms with van der Waals surface area (Å²) in [5.41, 5.74) is -0.215. The number of piperidine rings is 1. The summed E-state index contributed by atoms with van der Waals surface area (Å²) in [6.07, 6.45) is 2.74. The van der Waals surface area contributed by atoms with Crippen molar-refractivity contribution < 1.29 is 17.9 Å². The fraction of sp³-hybridized carbons (Fsp3) is 0.625. The van der Waals surface area contributed by atoms with Gasteiger partial charge in [0.05, 0.1) is 17.6 Å². The van der Waals surface area contributed by atoms with Crippen molar-refractivity contribution in [2.75, 3.05) is 33.4 Å².